The molecular weight excluding hydrogens is 478 g/mol. The van der Waals surface area contributed by atoms with Crippen LogP contribution in [0.15, 0.2) is 121 Å². The van der Waals surface area contributed by atoms with Crippen LogP contribution in [-0.4, -0.2) is 24.1 Å². The largest absolute Gasteiger partial charge is 0.355 e. The van der Waals surface area contributed by atoms with E-state index in [1.165, 1.54) is 16.2 Å². The number of nitrogens with zero attached hydrogens (tertiary/aromatic N) is 4. The normalized spacial score (nSPS) is 12.1. The van der Waals surface area contributed by atoms with Gasteiger partial charge in [-0.2, -0.15) is 0 Å². The van der Waals surface area contributed by atoms with Crippen LogP contribution in [0, 0.1) is 0 Å². The van der Waals surface area contributed by atoms with Crippen molar-refractivity contribution < 1.29 is 0 Å². The Bertz CT molecular complexity index is 2390. The first-order chi connectivity index (χ1) is 19.3. The van der Waals surface area contributed by atoms with Crippen LogP contribution in [0.25, 0.3) is 77.2 Å². The van der Waals surface area contributed by atoms with Crippen molar-refractivity contribution in [3.8, 4) is 11.4 Å². The molecule has 0 unspecified atom stereocenters. The Morgan fingerprint density at radius 2 is 1.21 bits per heavy atom. The second-order valence-corrected chi connectivity index (χ2v) is 10.0. The Morgan fingerprint density at radius 3 is 2.13 bits per heavy atom. The molecule has 0 bridgehead atoms. The highest BCUT2D eigenvalue weighted by molar-refractivity contribution is 6.16. The predicted molar refractivity (Wildman–Crippen MR) is 160 cm³/mol. The highest BCUT2D eigenvalue weighted by atomic mass is 15.1. The minimum atomic E-state index is 0.902. The summed E-state index contributed by atoms with van der Waals surface area (Å²) in [5.74, 6) is 0. The van der Waals surface area contributed by atoms with Crippen molar-refractivity contribution in [3.05, 3.63) is 121 Å². The minimum Gasteiger partial charge on any atom is -0.355 e. The van der Waals surface area contributed by atoms with Crippen molar-refractivity contribution in [1.29, 1.82) is 0 Å². The number of hydrogen-bond donors (Lipinski definition) is 1. The lowest BCUT2D eigenvalue weighted by atomic mass is 10.1. The van der Waals surface area contributed by atoms with Crippen molar-refractivity contribution in [2.24, 2.45) is 0 Å². The van der Waals surface area contributed by atoms with Gasteiger partial charge in [0, 0.05) is 55.5 Å². The van der Waals surface area contributed by atoms with Gasteiger partial charge in [0.15, 0.2) is 0 Å². The number of nitrogens with one attached hydrogen (secondary N) is 1. The van der Waals surface area contributed by atoms with Crippen LogP contribution in [0.1, 0.15) is 0 Å². The van der Waals surface area contributed by atoms with Gasteiger partial charge in [0.25, 0.3) is 0 Å². The number of rotatable bonds is 2. The lowest BCUT2D eigenvalue weighted by Gasteiger charge is -2.09. The Hall–Kier alpha value is -5.42. The van der Waals surface area contributed by atoms with E-state index in [0.29, 0.717) is 0 Å². The van der Waals surface area contributed by atoms with Gasteiger partial charge in [-0.05, 0) is 60.7 Å². The molecule has 1 N–H and O–H groups in total. The van der Waals surface area contributed by atoms with Crippen molar-refractivity contribution >= 4 is 65.8 Å². The Balaban J connectivity index is 1.44. The van der Waals surface area contributed by atoms with Gasteiger partial charge >= 0.3 is 0 Å². The number of benzene rings is 4. The van der Waals surface area contributed by atoms with Gasteiger partial charge < -0.3 is 4.98 Å². The molecule has 39 heavy (non-hydrogen) atoms. The van der Waals surface area contributed by atoms with Crippen LogP contribution >= 0.6 is 0 Å². The second kappa shape index (κ2) is 7.55. The van der Waals surface area contributed by atoms with Crippen LogP contribution < -0.4 is 0 Å². The molecule has 5 heterocycles. The smallest absolute Gasteiger partial charge is 0.149 e. The zero-order chi connectivity index (χ0) is 25.5. The van der Waals surface area contributed by atoms with Gasteiger partial charge in [-0.25, -0.2) is 4.98 Å². The van der Waals surface area contributed by atoms with Crippen molar-refractivity contribution in [2.75, 3.05) is 0 Å². The number of hydrogen-bond acceptors (Lipinski definition) is 2. The van der Waals surface area contributed by atoms with E-state index < -0.39 is 0 Å². The summed E-state index contributed by atoms with van der Waals surface area (Å²) >= 11 is 0. The molecule has 9 rings (SSSR count). The molecule has 0 saturated carbocycles. The number of H-pyrrole nitrogens is 1. The van der Waals surface area contributed by atoms with Crippen LogP contribution in [0.2, 0.25) is 0 Å². The first kappa shape index (κ1) is 20.6. The topological polar surface area (TPSA) is 51.4 Å². The third kappa shape index (κ3) is 2.79. The van der Waals surface area contributed by atoms with Crippen LogP contribution in [-0.2, 0) is 0 Å². The Morgan fingerprint density at radius 1 is 0.487 bits per heavy atom. The van der Waals surface area contributed by atoms with Crippen LogP contribution in [0.3, 0.4) is 0 Å². The Labute approximate surface area is 222 Å². The highest BCUT2D eigenvalue weighted by Gasteiger charge is 2.20. The molecule has 0 saturated heterocycles. The average molecular weight is 500 g/mol. The molecule has 0 atom stereocenters. The first-order valence-corrected chi connectivity index (χ1v) is 13.1. The summed E-state index contributed by atoms with van der Waals surface area (Å²) in [6, 6.07) is 40.5. The molecule has 0 fully saturated rings. The van der Waals surface area contributed by atoms with Gasteiger partial charge in [0.05, 0.1) is 16.6 Å². The average Bonchev–Trinajstić information content (AvgIpc) is 3.63. The molecule has 4 aromatic carbocycles. The predicted octanol–water partition coefficient (Wildman–Crippen LogP) is 8.31. The summed E-state index contributed by atoms with van der Waals surface area (Å²) in [5, 5.41) is 5.78. The first-order valence-electron chi connectivity index (χ1n) is 13.1. The number of pyridine rings is 2. The summed E-state index contributed by atoms with van der Waals surface area (Å²) in [6.45, 7) is 0. The summed E-state index contributed by atoms with van der Waals surface area (Å²) in [6.07, 6.45) is 1.86. The molecular formula is C34H21N5. The quantitative estimate of drug-likeness (QED) is 0.260. The van der Waals surface area contributed by atoms with Gasteiger partial charge in [0.2, 0.25) is 0 Å². The molecule has 0 aliphatic rings. The lowest BCUT2D eigenvalue weighted by Crippen LogP contribution is -1.98. The van der Waals surface area contributed by atoms with Crippen molar-refractivity contribution in [2.45, 2.75) is 0 Å². The maximum absolute atomic E-state index is 5.41. The summed E-state index contributed by atoms with van der Waals surface area (Å²) in [7, 11) is 0. The summed E-state index contributed by atoms with van der Waals surface area (Å²) in [5.41, 5.74) is 9.42. The molecule has 0 amide bonds. The summed E-state index contributed by atoms with van der Waals surface area (Å²) < 4.78 is 4.52. The van der Waals surface area contributed by atoms with E-state index >= 15 is 0 Å². The Kier molecular flexibility index (Phi) is 3.99. The van der Waals surface area contributed by atoms with Gasteiger partial charge in [-0.15, -0.1) is 0 Å². The minimum absolute atomic E-state index is 0.902. The van der Waals surface area contributed by atoms with Crippen molar-refractivity contribution in [3.63, 3.8) is 0 Å². The lowest BCUT2D eigenvalue weighted by molar-refractivity contribution is 1.11. The maximum Gasteiger partial charge on any atom is 0.149 e. The van der Waals surface area contributed by atoms with E-state index in [2.05, 4.69) is 117 Å². The van der Waals surface area contributed by atoms with Crippen LogP contribution in [0.5, 0.6) is 0 Å². The zero-order valence-electron chi connectivity index (χ0n) is 20.8. The SMILES string of the molecule is c1ccc(-n2c3cccnc3c3cc4c5ccccc5n(-c5ccc6[nH]c7ccccc7c6c5)c4nc32)cc1. The van der Waals surface area contributed by atoms with Gasteiger partial charge in [-0.1, -0.05) is 54.6 Å². The standard InChI is InChI=1S/C34H21N5/c1-2-9-21(10-3-1)38-31-15-8-18-35-32(31)27-20-26-24-12-5-7-14-30(24)39(33(26)37-34(27)38)22-16-17-29-25(19-22)23-11-4-6-13-28(23)36-29/h1-20,36H. The fourth-order valence-corrected chi connectivity index (χ4v) is 6.19. The van der Waals surface area contributed by atoms with E-state index in [0.717, 1.165) is 61.0 Å². The number of aromatic amines is 1. The molecule has 182 valence electrons. The maximum atomic E-state index is 5.41. The third-order valence-electron chi connectivity index (χ3n) is 7.89. The molecule has 0 spiro atoms. The summed E-state index contributed by atoms with van der Waals surface area (Å²) in [4.78, 5) is 13.8. The van der Waals surface area contributed by atoms with Gasteiger partial charge in [0.1, 0.15) is 11.3 Å². The monoisotopic (exact) mass is 499 g/mol. The number of fused-ring (bicyclic) bond motifs is 9. The molecule has 5 heteroatoms. The second-order valence-electron chi connectivity index (χ2n) is 10.0. The van der Waals surface area contributed by atoms with E-state index in [4.69, 9.17) is 9.97 Å². The fraction of sp³-hybridized carbons (Fsp3) is 0. The highest BCUT2D eigenvalue weighted by Crippen LogP contribution is 2.38. The molecule has 0 aliphatic heterocycles. The molecule has 0 radical (unpaired) electrons. The van der Waals surface area contributed by atoms with Crippen LogP contribution in [0.4, 0.5) is 0 Å². The third-order valence-corrected chi connectivity index (χ3v) is 7.89. The number of aromatic nitrogens is 5. The number of para-hydroxylation sites is 3. The van der Waals surface area contributed by atoms with E-state index in [1.54, 1.807) is 0 Å². The van der Waals surface area contributed by atoms with E-state index in [9.17, 15) is 0 Å². The molecule has 5 nitrogen and oxygen atoms in total. The molecule has 5 aromatic heterocycles. The zero-order valence-corrected chi connectivity index (χ0v) is 20.8. The fourth-order valence-electron chi connectivity index (χ4n) is 6.19. The molecule has 0 aliphatic carbocycles. The van der Waals surface area contributed by atoms with Gasteiger partial charge in [-0.3, -0.25) is 14.1 Å². The van der Waals surface area contributed by atoms with E-state index in [-0.39, 0.29) is 0 Å². The van der Waals surface area contributed by atoms with Crippen molar-refractivity contribution in [1.82, 2.24) is 24.1 Å². The van der Waals surface area contributed by atoms with E-state index in [1.807, 2.05) is 18.3 Å². The molecule has 9 aromatic rings.